The fourth-order valence-electron chi connectivity index (χ4n) is 3.48. The van der Waals surface area contributed by atoms with E-state index in [1.54, 1.807) is 14.2 Å². The second-order valence-electron chi connectivity index (χ2n) is 8.01. The van der Waals surface area contributed by atoms with Gasteiger partial charge >= 0.3 is 0 Å². The topological polar surface area (TPSA) is 76.4 Å². The molecule has 0 aromatic heterocycles. The highest BCUT2D eigenvalue weighted by atomic mass is 31.2. The smallest absolute Gasteiger partial charge is 0.259 e. The van der Waals surface area contributed by atoms with Gasteiger partial charge in [-0.3, -0.25) is 0 Å². The van der Waals surface area contributed by atoms with Gasteiger partial charge in [0.25, 0.3) is 8.53 Å². The van der Waals surface area contributed by atoms with Crippen LogP contribution < -0.4 is 0 Å². The molecule has 4 atom stereocenters. The first kappa shape index (κ1) is 29.4. The van der Waals surface area contributed by atoms with Crippen molar-refractivity contribution >= 4 is 16.9 Å². The van der Waals surface area contributed by atoms with Crippen LogP contribution in [0.25, 0.3) is 0 Å². The Hall–Kier alpha value is -0.610. The summed E-state index contributed by atoms with van der Waals surface area (Å²) in [6, 6.07) is 2.66. The molecule has 184 valence electrons. The van der Waals surface area contributed by atoms with Crippen molar-refractivity contribution in [2.75, 3.05) is 27.9 Å². The molecular formula is C22H41N3O5P2. The summed E-state index contributed by atoms with van der Waals surface area (Å²) in [6.45, 7) is 10.9. The van der Waals surface area contributed by atoms with Crippen molar-refractivity contribution in [2.45, 2.75) is 84.4 Å². The summed E-state index contributed by atoms with van der Waals surface area (Å²) >= 11 is 0. The van der Waals surface area contributed by atoms with Crippen LogP contribution in [0.2, 0.25) is 0 Å². The third kappa shape index (κ3) is 10.1. The van der Waals surface area contributed by atoms with Crippen molar-refractivity contribution < 1.29 is 22.8 Å². The van der Waals surface area contributed by atoms with Gasteiger partial charge in [0.15, 0.2) is 8.38 Å². The maximum absolute atomic E-state index is 8.95. The van der Waals surface area contributed by atoms with Gasteiger partial charge in [0.2, 0.25) is 0 Å². The highest BCUT2D eigenvalue weighted by Crippen LogP contribution is 2.49. The lowest BCUT2D eigenvalue weighted by atomic mass is 10.0. The van der Waals surface area contributed by atoms with Gasteiger partial charge in [0, 0.05) is 46.2 Å². The lowest BCUT2D eigenvalue weighted by molar-refractivity contribution is -0.121. The van der Waals surface area contributed by atoms with Crippen LogP contribution in [0.4, 0.5) is 0 Å². The van der Waals surface area contributed by atoms with Crippen molar-refractivity contribution in [1.82, 2.24) is 9.57 Å². The minimum atomic E-state index is -1.31. The fourth-order valence-corrected chi connectivity index (χ4v) is 5.94. The van der Waals surface area contributed by atoms with Crippen LogP contribution in [0.5, 0.6) is 0 Å². The molecule has 1 fully saturated rings. The van der Waals surface area contributed by atoms with Gasteiger partial charge in [-0.25, -0.2) is 4.67 Å². The molecule has 1 heterocycles. The summed E-state index contributed by atoms with van der Waals surface area (Å²) in [5.74, 6) is 1.93. The molecule has 0 bridgehead atoms. The molecule has 1 aliphatic rings. The summed E-state index contributed by atoms with van der Waals surface area (Å²) in [5.41, 5.74) is 0. The van der Waals surface area contributed by atoms with Crippen LogP contribution in [-0.4, -0.2) is 68.0 Å². The average Bonchev–Trinajstić information content (AvgIpc) is 2.74. The van der Waals surface area contributed by atoms with Crippen molar-refractivity contribution in [2.24, 2.45) is 0 Å². The van der Waals surface area contributed by atoms with Crippen LogP contribution in [0, 0.1) is 11.3 Å². The van der Waals surface area contributed by atoms with Gasteiger partial charge in [0.1, 0.15) is 6.23 Å². The van der Waals surface area contributed by atoms with Crippen molar-refractivity contribution in [3.8, 4) is 6.07 Å². The van der Waals surface area contributed by atoms with E-state index in [1.165, 1.54) is 0 Å². The zero-order valence-corrected chi connectivity index (χ0v) is 22.6. The van der Waals surface area contributed by atoms with Crippen molar-refractivity contribution in [1.29, 1.82) is 5.26 Å². The van der Waals surface area contributed by atoms with E-state index in [0.717, 1.165) is 6.42 Å². The predicted molar refractivity (Wildman–Crippen MR) is 131 cm³/mol. The molecule has 10 heteroatoms. The van der Waals surface area contributed by atoms with Crippen LogP contribution in [0.1, 0.15) is 53.9 Å². The SMILES string of the molecule is C/C=C\N(C)C1CC(OP(OCCC#N)N(C(C)C)C(C)C)CC(/C=C/P(OC)OC)O1. The number of allylic oxidation sites excluding steroid dienone is 1. The first-order valence-electron chi connectivity index (χ1n) is 11.1. The molecule has 8 nitrogen and oxygen atoms in total. The standard InChI is InChI=1S/C22H41N3O5P2/c1-9-13-24(6)22-17-21(16-20(29-22)11-15-31(26-7)27-8)30-32(28-14-10-12-23)25(18(2)3)19(4)5/h9,11,13,15,18-22H,10,14,16-17H2,1-8H3/b13-9-,15-11+. The summed E-state index contributed by atoms with van der Waals surface area (Å²) in [4.78, 5) is 2.06. The number of nitrogens with zero attached hydrogens (tertiary/aromatic N) is 3. The molecule has 1 aliphatic heterocycles. The predicted octanol–water partition coefficient (Wildman–Crippen LogP) is 5.74. The molecule has 0 aliphatic carbocycles. The van der Waals surface area contributed by atoms with Crippen LogP contribution in [-0.2, 0) is 22.8 Å². The largest absolute Gasteiger partial charge is 0.356 e. The molecule has 0 saturated carbocycles. The lowest BCUT2D eigenvalue weighted by Crippen LogP contribution is -2.43. The zero-order chi connectivity index (χ0) is 24.1. The molecule has 0 aromatic rings. The number of ether oxygens (including phenoxy) is 1. The first-order chi connectivity index (χ1) is 15.3. The van der Waals surface area contributed by atoms with E-state index in [1.807, 2.05) is 38.1 Å². The van der Waals surface area contributed by atoms with Gasteiger partial charge < -0.3 is 27.7 Å². The second kappa shape index (κ2) is 16.1. The number of hydrogen-bond acceptors (Lipinski definition) is 8. The Bertz CT molecular complexity index is 603. The monoisotopic (exact) mass is 489 g/mol. The number of nitriles is 1. The minimum Gasteiger partial charge on any atom is -0.356 e. The molecule has 32 heavy (non-hydrogen) atoms. The van der Waals surface area contributed by atoms with Crippen molar-refractivity contribution in [3.05, 3.63) is 24.2 Å². The van der Waals surface area contributed by atoms with Gasteiger partial charge in [-0.15, -0.1) is 0 Å². The highest BCUT2D eigenvalue weighted by Gasteiger charge is 2.36. The fraction of sp³-hybridized carbons (Fsp3) is 0.773. The van der Waals surface area contributed by atoms with E-state index in [-0.39, 0.29) is 30.5 Å². The average molecular weight is 490 g/mol. The molecule has 0 N–H and O–H groups in total. The third-order valence-electron chi connectivity index (χ3n) is 4.81. The Morgan fingerprint density at radius 2 is 1.81 bits per heavy atom. The first-order valence-corrected chi connectivity index (χ1v) is 13.5. The maximum atomic E-state index is 8.95. The zero-order valence-electron chi connectivity index (χ0n) is 20.8. The van der Waals surface area contributed by atoms with E-state index in [0.29, 0.717) is 19.4 Å². The van der Waals surface area contributed by atoms with Gasteiger partial charge in [-0.1, -0.05) is 12.2 Å². The van der Waals surface area contributed by atoms with Crippen molar-refractivity contribution in [3.63, 3.8) is 0 Å². The van der Waals surface area contributed by atoms with Gasteiger partial charge in [-0.2, -0.15) is 5.26 Å². The number of rotatable bonds is 14. The molecule has 0 spiro atoms. The summed E-state index contributed by atoms with van der Waals surface area (Å²) in [6.07, 6.45) is 7.46. The highest BCUT2D eigenvalue weighted by molar-refractivity contribution is 7.50. The molecule has 0 aromatic carbocycles. The maximum Gasteiger partial charge on any atom is 0.259 e. The summed E-state index contributed by atoms with van der Waals surface area (Å²) < 4.78 is 32.0. The Balaban J connectivity index is 3.06. The third-order valence-corrected chi connectivity index (χ3v) is 8.13. The van der Waals surface area contributed by atoms with E-state index in [4.69, 9.17) is 28.1 Å². The molecule has 0 radical (unpaired) electrons. The molecule has 1 saturated heterocycles. The molecular weight excluding hydrogens is 448 g/mol. The summed E-state index contributed by atoms with van der Waals surface area (Å²) in [5, 5.41) is 8.95. The molecule has 0 amide bonds. The molecule has 4 unspecified atom stereocenters. The normalized spacial score (nSPS) is 23.2. The minimum absolute atomic E-state index is 0.0550. The van der Waals surface area contributed by atoms with Gasteiger partial charge in [0.05, 0.1) is 31.3 Å². The van der Waals surface area contributed by atoms with Crippen LogP contribution in [0.3, 0.4) is 0 Å². The molecule has 1 rings (SSSR count). The van der Waals surface area contributed by atoms with E-state index in [2.05, 4.69) is 43.3 Å². The Labute approximate surface area is 197 Å². The van der Waals surface area contributed by atoms with Crippen LogP contribution in [0.15, 0.2) is 24.2 Å². The lowest BCUT2D eigenvalue weighted by Gasteiger charge is -2.42. The van der Waals surface area contributed by atoms with E-state index < -0.39 is 16.9 Å². The van der Waals surface area contributed by atoms with Gasteiger partial charge in [-0.05, 0) is 46.6 Å². The number of hydrogen-bond donors (Lipinski definition) is 0. The second-order valence-corrected chi connectivity index (χ2v) is 11.0. The van der Waals surface area contributed by atoms with E-state index >= 15 is 0 Å². The summed E-state index contributed by atoms with van der Waals surface area (Å²) in [7, 11) is 2.89. The Morgan fingerprint density at radius 1 is 1.16 bits per heavy atom. The van der Waals surface area contributed by atoms with E-state index in [9.17, 15) is 0 Å². The Kier molecular flexibility index (Phi) is 14.8. The quantitative estimate of drug-likeness (QED) is 0.226. The van der Waals surface area contributed by atoms with Crippen LogP contribution >= 0.6 is 16.9 Å². The Morgan fingerprint density at radius 3 is 2.34 bits per heavy atom.